The van der Waals surface area contributed by atoms with Gasteiger partial charge in [-0.15, -0.1) is 11.3 Å². The van der Waals surface area contributed by atoms with Crippen molar-refractivity contribution in [3.63, 3.8) is 0 Å². The van der Waals surface area contributed by atoms with E-state index in [0.717, 1.165) is 5.76 Å². The first-order valence-electron chi connectivity index (χ1n) is 5.88. The first kappa shape index (κ1) is 12.9. The van der Waals surface area contributed by atoms with Crippen LogP contribution in [0.25, 0.3) is 0 Å². The lowest BCUT2D eigenvalue weighted by atomic mass is 10.2. The molecule has 0 aliphatic heterocycles. The molecule has 0 aromatic carbocycles. The number of furan rings is 1. The van der Waals surface area contributed by atoms with E-state index in [1.807, 2.05) is 45.3 Å². The Hall–Kier alpha value is -1.55. The largest absolute Gasteiger partial charge is 0.466 e. The smallest absolute Gasteiger partial charge is 0.257 e. The van der Waals surface area contributed by atoms with E-state index in [1.165, 1.54) is 4.88 Å². The number of hydrogen-bond donors (Lipinski definition) is 0. The summed E-state index contributed by atoms with van der Waals surface area (Å²) in [6, 6.07) is 5.93. The van der Waals surface area contributed by atoms with Crippen molar-refractivity contribution >= 4 is 17.2 Å². The molecule has 1 atom stereocenters. The SMILES string of the molecule is Cc1cc(C(=O)N(C)C(C)c2cccs2)c(C)o1. The van der Waals surface area contributed by atoms with Gasteiger partial charge in [-0.05, 0) is 38.3 Å². The summed E-state index contributed by atoms with van der Waals surface area (Å²) in [4.78, 5) is 15.3. The predicted octanol–water partition coefficient (Wildman–Crippen LogP) is 3.79. The van der Waals surface area contributed by atoms with Crippen molar-refractivity contribution < 1.29 is 9.21 Å². The number of carbonyl (C=O) groups excluding carboxylic acids is 1. The zero-order valence-corrected chi connectivity index (χ0v) is 11.9. The summed E-state index contributed by atoms with van der Waals surface area (Å²) >= 11 is 1.66. The maximum Gasteiger partial charge on any atom is 0.257 e. The Balaban J connectivity index is 2.21. The van der Waals surface area contributed by atoms with Crippen molar-refractivity contribution in [2.45, 2.75) is 26.8 Å². The number of hydrogen-bond acceptors (Lipinski definition) is 3. The highest BCUT2D eigenvalue weighted by atomic mass is 32.1. The molecule has 3 nitrogen and oxygen atoms in total. The van der Waals surface area contributed by atoms with Crippen LogP contribution in [0.5, 0.6) is 0 Å². The zero-order valence-electron chi connectivity index (χ0n) is 11.1. The molecule has 96 valence electrons. The van der Waals surface area contributed by atoms with Gasteiger partial charge in [-0.3, -0.25) is 4.79 Å². The predicted molar refractivity (Wildman–Crippen MR) is 73.0 cm³/mol. The van der Waals surface area contributed by atoms with Gasteiger partial charge in [-0.1, -0.05) is 6.07 Å². The minimum atomic E-state index is 0.00486. The fourth-order valence-electron chi connectivity index (χ4n) is 1.93. The van der Waals surface area contributed by atoms with Crippen LogP contribution in [0.1, 0.15) is 39.7 Å². The molecule has 1 unspecified atom stereocenters. The second-order valence-electron chi connectivity index (χ2n) is 4.43. The van der Waals surface area contributed by atoms with E-state index in [2.05, 4.69) is 0 Å². The van der Waals surface area contributed by atoms with Gasteiger partial charge in [0, 0.05) is 11.9 Å². The Kier molecular flexibility index (Phi) is 3.57. The summed E-state index contributed by atoms with van der Waals surface area (Å²) < 4.78 is 5.41. The number of rotatable bonds is 3. The Labute approximate surface area is 111 Å². The van der Waals surface area contributed by atoms with Gasteiger partial charge < -0.3 is 9.32 Å². The van der Waals surface area contributed by atoms with E-state index in [1.54, 1.807) is 22.3 Å². The lowest BCUT2D eigenvalue weighted by Gasteiger charge is -2.23. The van der Waals surface area contributed by atoms with E-state index in [4.69, 9.17) is 4.42 Å². The number of nitrogens with zero attached hydrogens (tertiary/aromatic N) is 1. The Morgan fingerprint density at radius 3 is 2.67 bits per heavy atom. The minimum Gasteiger partial charge on any atom is -0.466 e. The van der Waals surface area contributed by atoms with E-state index in [0.29, 0.717) is 11.3 Å². The molecule has 0 saturated carbocycles. The van der Waals surface area contributed by atoms with Gasteiger partial charge in [0.15, 0.2) is 0 Å². The molecule has 0 saturated heterocycles. The first-order chi connectivity index (χ1) is 8.50. The molecule has 0 aliphatic carbocycles. The number of carbonyl (C=O) groups is 1. The average Bonchev–Trinajstić information content (AvgIpc) is 2.96. The zero-order chi connectivity index (χ0) is 13.3. The number of amides is 1. The van der Waals surface area contributed by atoms with E-state index in [-0.39, 0.29) is 11.9 Å². The molecular weight excluding hydrogens is 246 g/mol. The molecule has 4 heteroatoms. The van der Waals surface area contributed by atoms with Crippen LogP contribution in [0.15, 0.2) is 28.0 Å². The average molecular weight is 263 g/mol. The summed E-state index contributed by atoms with van der Waals surface area (Å²) in [5, 5.41) is 2.03. The second kappa shape index (κ2) is 4.98. The summed E-state index contributed by atoms with van der Waals surface area (Å²) in [5.74, 6) is 1.46. The fraction of sp³-hybridized carbons (Fsp3) is 0.357. The van der Waals surface area contributed by atoms with Crippen LogP contribution in [0.4, 0.5) is 0 Å². The van der Waals surface area contributed by atoms with Crippen LogP contribution in [0.3, 0.4) is 0 Å². The number of aryl methyl sites for hydroxylation is 2. The molecule has 2 rings (SSSR count). The maximum atomic E-state index is 12.4. The molecule has 2 heterocycles. The number of thiophene rings is 1. The van der Waals surface area contributed by atoms with Gasteiger partial charge in [-0.2, -0.15) is 0 Å². The molecule has 0 radical (unpaired) electrons. The molecular formula is C14H17NO2S. The van der Waals surface area contributed by atoms with Crippen LogP contribution in [0.2, 0.25) is 0 Å². The van der Waals surface area contributed by atoms with E-state index in [9.17, 15) is 4.79 Å². The standard InChI is InChI=1S/C14H17NO2S/c1-9-8-12(11(3)17-9)14(16)15(4)10(2)13-6-5-7-18-13/h5-8,10H,1-4H3. The highest BCUT2D eigenvalue weighted by Crippen LogP contribution is 2.26. The molecule has 2 aromatic rings. The van der Waals surface area contributed by atoms with E-state index >= 15 is 0 Å². The van der Waals surface area contributed by atoms with Crippen LogP contribution in [-0.4, -0.2) is 17.9 Å². The highest BCUT2D eigenvalue weighted by Gasteiger charge is 2.22. The van der Waals surface area contributed by atoms with Crippen LogP contribution >= 0.6 is 11.3 Å². The van der Waals surface area contributed by atoms with Crippen LogP contribution in [0, 0.1) is 13.8 Å². The van der Waals surface area contributed by atoms with Crippen molar-refractivity contribution in [2.24, 2.45) is 0 Å². The first-order valence-corrected chi connectivity index (χ1v) is 6.76. The van der Waals surface area contributed by atoms with Gasteiger partial charge >= 0.3 is 0 Å². The summed E-state index contributed by atoms with van der Waals surface area (Å²) in [6.45, 7) is 5.71. The van der Waals surface area contributed by atoms with Crippen molar-refractivity contribution in [3.8, 4) is 0 Å². The molecule has 0 aliphatic rings. The Morgan fingerprint density at radius 2 is 2.17 bits per heavy atom. The summed E-state index contributed by atoms with van der Waals surface area (Å²) in [7, 11) is 1.83. The Bertz CT molecular complexity index is 542. The van der Waals surface area contributed by atoms with Gasteiger partial charge in [0.25, 0.3) is 5.91 Å². The maximum absolute atomic E-state index is 12.4. The van der Waals surface area contributed by atoms with Crippen molar-refractivity contribution in [3.05, 3.63) is 45.5 Å². The second-order valence-corrected chi connectivity index (χ2v) is 5.41. The summed E-state index contributed by atoms with van der Waals surface area (Å²) in [6.07, 6.45) is 0. The molecule has 1 amide bonds. The normalized spacial score (nSPS) is 12.4. The lowest BCUT2D eigenvalue weighted by Crippen LogP contribution is -2.29. The van der Waals surface area contributed by atoms with Crippen molar-refractivity contribution in [2.75, 3.05) is 7.05 Å². The minimum absolute atomic E-state index is 0.00486. The molecule has 0 N–H and O–H groups in total. The van der Waals surface area contributed by atoms with Crippen LogP contribution < -0.4 is 0 Å². The lowest BCUT2D eigenvalue weighted by molar-refractivity contribution is 0.0743. The van der Waals surface area contributed by atoms with Crippen LogP contribution in [-0.2, 0) is 0 Å². The van der Waals surface area contributed by atoms with Gasteiger partial charge in [0.1, 0.15) is 11.5 Å². The monoisotopic (exact) mass is 263 g/mol. The molecule has 0 bridgehead atoms. The fourth-order valence-corrected chi connectivity index (χ4v) is 2.76. The molecule has 0 spiro atoms. The third-order valence-corrected chi connectivity index (χ3v) is 4.17. The van der Waals surface area contributed by atoms with Gasteiger partial charge in [0.2, 0.25) is 0 Å². The Morgan fingerprint density at radius 1 is 1.44 bits per heavy atom. The quantitative estimate of drug-likeness (QED) is 0.844. The highest BCUT2D eigenvalue weighted by molar-refractivity contribution is 7.10. The molecule has 18 heavy (non-hydrogen) atoms. The molecule has 0 fully saturated rings. The topological polar surface area (TPSA) is 33.5 Å². The van der Waals surface area contributed by atoms with E-state index < -0.39 is 0 Å². The van der Waals surface area contributed by atoms with Gasteiger partial charge in [-0.25, -0.2) is 0 Å². The third kappa shape index (κ3) is 2.34. The summed E-state index contributed by atoms with van der Waals surface area (Å²) in [5.41, 5.74) is 0.651. The third-order valence-electron chi connectivity index (χ3n) is 3.13. The van der Waals surface area contributed by atoms with Gasteiger partial charge in [0.05, 0.1) is 11.6 Å². The molecule has 2 aromatic heterocycles. The van der Waals surface area contributed by atoms with Crippen molar-refractivity contribution in [1.29, 1.82) is 0 Å². The van der Waals surface area contributed by atoms with Crippen molar-refractivity contribution in [1.82, 2.24) is 4.90 Å².